The fraction of sp³-hybridized carbons (Fsp3) is 0.100. The van der Waals surface area contributed by atoms with Gasteiger partial charge in [0.15, 0.2) is 5.75 Å². The highest BCUT2D eigenvalue weighted by Crippen LogP contribution is 2.33. The zero-order valence-electron chi connectivity index (χ0n) is 8.11. The molecule has 1 aromatic carbocycles. The molecule has 0 unspecified atom stereocenters. The number of nitrogens with zero attached hydrogens (tertiary/aromatic N) is 1. The van der Waals surface area contributed by atoms with E-state index in [1.807, 2.05) is 0 Å². The zero-order valence-corrected chi connectivity index (χ0v) is 10.5. The van der Waals surface area contributed by atoms with Gasteiger partial charge in [0, 0.05) is 12.3 Å². The topological polar surface area (TPSA) is 48.1 Å². The van der Waals surface area contributed by atoms with Crippen molar-refractivity contribution in [2.75, 3.05) is 5.73 Å². The third-order valence-electron chi connectivity index (χ3n) is 1.88. The number of nitrogens with two attached hydrogens (primary N) is 1. The lowest BCUT2D eigenvalue weighted by Crippen LogP contribution is -1.99. The van der Waals surface area contributed by atoms with E-state index in [0.717, 1.165) is 4.88 Å². The Kier molecular flexibility index (Phi) is 3.40. The van der Waals surface area contributed by atoms with E-state index in [1.54, 1.807) is 11.7 Å². The van der Waals surface area contributed by atoms with Crippen molar-refractivity contribution in [3.05, 3.63) is 39.0 Å². The average molecular weight is 303 g/mol. The van der Waals surface area contributed by atoms with E-state index in [2.05, 4.69) is 20.9 Å². The van der Waals surface area contributed by atoms with Gasteiger partial charge in [0.05, 0.1) is 20.5 Å². The van der Waals surface area contributed by atoms with Gasteiger partial charge in [-0.1, -0.05) is 0 Å². The summed E-state index contributed by atoms with van der Waals surface area (Å²) < 4.78 is 19.0. The summed E-state index contributed by atoms with van der Waals surface area (Å²) in [5, 5.41) is 0. The number of rotatable bonds is 3. The van der Waals surface area contributed by atoms with Crippen LogP contribution in [0.4, 0.5) is 10.1 Å². The quantitative estimate of drug-likeness (QED) is 0.886. The smallest absolute Gasteiger partial charge is 0.157 e. The minimum absolute atomic E-state index is 0.274. The highest BCUT2D eigenvalue weighted by Gasteiger charge is 2.09. The SMILES string of the molecule is Nc1cc(F)cc(Br)c1OCc1cncs1. The largest absolute Gasteiger partial charge is 0.485 e. The molecule has 2 aromatic rings. The summed E-state index contributed by atoms with van der Waals surface area (Å²) in [6.45, 7) is 0.374. The van der Waals surface area contributed by atoms with Crippen LogP contribution in [0.5, 0.6) is 5.75 Å². The van der Waals surface area contributed by atoms with Gasteiger partial charge in [-0.05, 0) is 22.0 Å². The molecule has 6 heteroatoms. The Morgan fingerprint density at radius 1 is 1.50 bits per heavy atom. The summed E-state index contributed by atoms with van der Waals surface area (Å²) in [7, 11) is 0. The fourth-order valence-corrected chi connectivity index (χ4v) is 2.26. The predicted octanol–water partition coefficient (Wildman–Crippen LogP) is 3.21. The van der Waals surface area contributed by atoms with Crippen molar-refractivity contribution in [3.63, 3.8) is 0 Å². The minimum Gasteiger partial charge on any atom is -0.485 e. The van der Waals surface area contributed by atoms with Crippen LogP contribution in [0.25, 0.3) is 0 Å². The third kappa shape index (κ3) is 2.51. The van der Waals surface area contributed by atoms with E-state index in [4.69, 9.17) is 10.5 Å². The lowest BCUT2D eigenvalue weighted by Gasteiger charge is -2.09. The second-order valence-corrected chi connectivity index (χ2v) is 4.89. The van der Waals surface area contributed by atoms with Crippen LogP contribution < -0.4 is 10.5 Å². The van der Waals surface area contributed by atoms with Crippen molar-refractivity contribution in [2.24, 2.45) is 0 Å². The number of benzene rings is 1. The van der Waals surface area contributed by atoms with Gasteiger partial charge in [0.2, 0.25) is 0 Å². The first-order valence-corrected chi connectivity index (χ1v) is 6.09. The van der Waals surface area contributed by atoms with E-state index >= 15 is 0 Å². The second-order valence-electron chi connectivity index (χ2n) is 3.06. The first-order valence-electron chi connectivity index (χ1n) is 4.41. The maximum absolute atomic E-state index is 12.9. The van der Waals surface area contributed by atoms with Crippen LogP contribution in [0.3, 0.4) is 0 Å². The van der Waals surface area contributed by atoms with Gasteiger partial charge >= 0.3 is 0 Å². The molecule has 0 amide bonds. The molecule has 2 rings (SSSR count). The van der Waals surface area contributed by atoms with Crippen molar-refractivity contribution in [2.45, 2.75) is 6.61 Å². The minimum atomic E-state index is -0.394. The molecule has 0 fully saturated rings. The van der Waals surface area contributed by atoms with E-state index in [-0.39, 0.29) is 5.69 Å². The Bertz CT molecular complexity index is 467. The molecule has 1 aromatic heterocycles. The van der Waals surface area contributed by atoms with Crippen molar-refractivity contribution < 1.29 is 9.13 Å². The van der Waals surface area contributed by atoms with Crippen LogP contribution >= 0.6 is 27.3 Å². The normalized spacial score (nSPS) is 10.4. The van der Waals surface area contributed by atoms with Crippen LogP contribution in [0.15, 0.2) is 28.3 Å². The molecule has 0 radical (unpaired) electrons. The number of anilines is 1. The average Bonchev–Trinajstić information content (AvgIpc) is 2.68. The molecule has 0 aliphatic carbocycles. The van der Waals surface area contributed by atoms with E-state index < -0.39 is 5.82 Å². The summed E-state index contributed by atoms with van der Waals surface area (Å²) in [5.74, 6) is 0.0596. The lowest BCUT2D eigenvalue weighted by molar-refractivity contribution is 0.309. The molecule has 0 bridgehead atoms. The Balaban J connectivity index is 2.15. The molecule has 3 nitrogen and oxygen atoms in total. The van der Waals surface area contributed by atoms with Gasteiger partial charge in [-0.2, -0.15) is 0 Å². The second kappa shape index (κ2) is 4.80. The number of hydrogen-bond donors (Lipinski definition) is 1. The van der Waals surface area contributed by atoms with E-state index in [9.17, 15) is 4.39 Å². The summed E-state index contributed by atoms with van der Waals surface area (Å²) in [6.07, 6.45) is 1.72. The Morgan fingerprint density at radius 3 is 2.94 bits per heavy atom. The fourth-order valence-electron chi connectivity index (χ4n) is 1.19. The standard InChI is InChI=1S/C10H8BrFN2OS/c11-8-1-6(12)2-9(13)10(8)15-4-7-3-14-5-16-7/h1-3,5H,4,13H2. The molecule has 16 heavy (non-hydrogen) atoms. The molecule has 0 saturated carbocycles. The van der Waals surface area contributed by atoms with E-state index in [1.165, 1.54) is 23.5 Å². The zero-order chi connectivity index (χ0) is 11.5. The number of aromatic nitrogens is 1. The molecule has 1 heterocycles. The molecule has 0 aliphatic rings. The van der Waals surface area contributed by atoms with Crippen molar-refractivity contribution >= 4 is 33.0 Å². The molecular formula is C10H8BrFN2OS. The van der Waals surface area contributed by atoms with Gasteiger partial charge in [0.1, 0.15) is 12.4 Å². The van der Waals surface area contributed by atoms with Crippen LogP contribution in [0.1, 0.15) is 4.88 Å². The maximum atomic E-state index is 12.9. The molecular weight excluding hydrogens is 295 g/mol. The van der Waals surface area contributed by atoms with Crippen LogP contribution in [-0.2, 0) is 6.61 Å². The highest BCUT2D eigenvalue weighted by atomic mass is 79.9. The van der Waals surface area contributed by atoms with Crippen LogP contribution in [0.2, 0.25) is 0 Å². The molecule has 2 N–H and O–H groups in total. The molecule has 0 aliphatic heterocycles. The first kappa shape index (κ1) is 11.3. The molecule has 0 atom stereocenters. The van der Waals surface area contributed by atoms with Crippen molar-refractivity contribution in [1.29, 1.82) is 0 Å². The summed E-state index contributed by atoms with van der Waals surface area (Å²) in [4.78, 5) is 4.91. The highest BCUT2D eigenvalue weighted by molar-refractivity contribution is 9.10. The van der Waals surface area contributed by atoms with Gasteiger partial charge < -0.3 is 10.5 Å². The summed E-state index contributed by atoms with van der Waals surface area (Å²) in [5.41, 5.74) is 7.65. The number of nitrogen functional groups attached to an aromatic ring is 1. The Labute approximate surface area is 104 Å². The maximum Gasteiger partial charge on any atom is 0.157 e. The third-order valence-corrected chi connectivity index (χ3v) is 3.22. The molecule has 0 spiro atoms. The first-order chi connectivity index (χ1) is 7.66. The lowest BCUT2D eigenvalue weighted by atomic mass is 10.3. The van der Waals surface area contributed by atoms with Crippen LogP contribution in [0, 0.1) is 5.82 Å². The summed E-state index contributed by atoms with van der Waals surface area (Å²) in [6, 6.07) is 2.55. The molecule has 84 valence electrons. The number of thiazole rings is 1. The monoisotopic (exact) mass is 302 g/mol. The summed E-state index contributed by atoms with van der Waals surface area (Å²) >= 11 is 4.70. The predicted molar refractivity (Wildman–Crippen MR) is 65.0 cm³/mol. The Morgan fingerprint density at radius 2 is 2.31 bits per heavy atom. The number of halogens is 2. The molecule has 0 saturated heterocycles. The van der Waals surface area contributed by atoms with Crippen molar-refractivity contribution in [3.8, 4) is 5.75 Å². The number of hydrogen-bond acceptors (Lipinski definition) is 4. The van der Waals surface area contributed by atoms with Crippen molar-refractivity contribution in [1.82, 2.24) is 4.98 Å². The van der Waals surface area contributed by atoms with Gasteiger partial charge in [0.25, 0.3) is 0 Å². The van der Waals surface area contributed by atoms with Gasteiger partial charge in [-0.15, -0.1) is 11.3 Å². The van der Waals surface area contributed by atoms with Gasteiger partial charge in [-0.25, -0.2) is 4.39 Å². The Hall–Kier alpha value is -1.14. The number of ether oxygens (including phenoxy) is 1. The van der Waals surface area contributed by atoms with Gasteiger partial charge in [-0.3, -0.25) is 4.98 Å². The van der Waals surface area contributed by atoms with E-state index in [0.29, 0.717) is 16.8 Å². The van der Waals surface area contributed by atoms with Crippen LogP contribution in [-0.4, -0.2) is 4.98 Å².